The number of carboxylic acid groups (broad SMARTS) is 1. The fraction of sp³-hybridized carbons (Fsp3) is 0.517. The number of phenolic OH excluding ortho intramolecular Hbond substituents is 1. The molecule has 2 aromatic heterocycles. The zero-order chi connectivity index (χ0) is 96.3. The highest BCUT2D eigenvalue weighted by Crippen LogP contribution is 2.30. The van der Waals surface area contributed by atoms with Gasteiger partial charge < -0.3 is 120 Å². The number of likely N-dealkylation sites (N-methyl/N-ethyl adjacent to an activating group) is 3. The third-order valence-corrected chi connectivity index (χ3v) is 25.0. The van der Waals surface area contributed by atoms with Crippen LogP contribution in [0.2, 0.25) is 0 Å². The van der Waals surface area contributed by atoms with Crippen LogP contribution in [-0.2, 0) is 106 Å². The number of H-pyrrole nitrogens is 2. The van der Waals surface area contributed by atoms with E-state index < -0.39 is 267 Å². The Morgan fingerprint density at radius 3 is 1.76 bits per heavy atom. The van der Waals surface area contributed by atoms with Crippen LogP contribution in [0.3, 0.4) is 0 Å². The van der Waals surface area contributed by atoms with Crippen molar-refractivity contribution in [2.45, 2.75) is 221 Å². The maximum absolute atomic E-state index is 15.6. The molecule has 43 heteroatoms. The molecule has 3 fully saturated rings. The summed E-state index contributed by atoms with van der Waals surface area (Å²) in [5.41, 5.74) is 20.4. The number of thioether (sulfide) groups is 1. The number of carboxylic acids is 1. The van der Waals surface area contributed by atoms with Gasteiger partial charge in [-0.2, -0.15) is 0 Å². The summed E-state index contributed by atoms with van der Waals surface area (Å²) in [6, 6.07) is -1.27. The summed E-state index contributed by atoms with van der Waals surface area (Å²) in [7, 11) is 3.85. The van der Waals surface area contributed by atoms with Crippen molar-refractivity contribution >= 4 is 146 Å². The molecule has 4 aliphatic rings. The molecule has 714 valence electrons. The number of aromatic nitrogens is 2. The lowest BCUT2D eigenvalue weighted by Crippen LogP contribution is -2.61. The van der Waals surface area contributed by atoms with Gasteiger partial charge in [0, 0.05) is 138 Å². The minimum Gasteiger partial charge on any atom is -0.508 e. The second-order valence-corrected chi connectivity index (χ2v) is 34.6. The fourth-order valence-corrected chi connectivity index (χ4v) is 17.4. The van der Waals surface area contributed by atoms with Crippen LogP contribution in [0, 0.1) is 5.92 Å². The van der Waals surface area contributed by atoms with Crippen molar-refractivity contribution in [3.05, 3.63) is 114 Å². The van der Waals surface area contributed by atoms with Gasteiger partial charge in [0.15, 0.2) is 5.78 Å². The third kappa shape index (κ3) is 27.7. The minimum absolute atomic E-state index is 0.0118. The number of nitrogens with one attached hydrogen (secondary N) is 11. The zero-order valence-corrected chi connectivity index (χ0v) is 75.4. The highest BCUT2D eigenvalue weighted by Gasteiger charge is 2.47. The number of aromatic amines is 2. The average molecular weight is 1850 g/mol. The second kappa shape index (κ2) is 48.7. The van der Waals surface area contributed by atoms with Gasteiger partial charge in [0.05, 0.1) is 37.5 Å². The third-order valence-electron chi connectivity index (χ3n) is 24.0. The molecule has 0 radical (unpaired) electrons. The number of benzene rings is 3. The Kier molecular flexibility index (Phi) is 37.8. The predicted molar refractivity (Wildman–Crippen MR) is 482 cm³/mol. The molecule has 16 amide bonds. The van der Waals surface area contributed by atoms with E-state index in [0.717, 1.165) is 36.3 Å². The van der Waals surface area contributed by atoms with Crippen LogP contribution in [-0.4, -0.2) is 317 Å². The number of rotatable bonds is 24. The Labute approximate surface area is 765 Å². The van der Waals surface area contributed by atoms with Crippen molar-refractivity contribution in [3.63, 3.8) is 0 Å². The number of hydrogen-bond donors (Lipinski definition) is 18. The summed E-state index contributed by atoms with van der Waals surface area (Å²) in [5.74, 6) is -20.5. The summed E-state index contributed by atoms with van der Waals surface area (Å²) in [5, 5.41) is 67.3. The summed E-state index contributed by atoms with van der Waals surface area (Å²) in [6.45, 7) is 1.76. The van der Waals surface area contributed by atoms with Crippen LogP contribution in [0.4, 0.5) is 0 Å². The molecular formula is C89H120N20O22S. The second-order valence-electron chi connectivity index (χ2n) is 33.6. The van der Waals surface area contributed by atoms with Gasteiger partial charge in [-0.15, -0.1) is 11.8 Å². The van der Waals surface area contributed by atoms with Crippen LogP contribution in [0.1, 0.15) is 134 Å². The van der Waals surface area contributed by atoms with Gasteiger partial charge in [-0.3, -0.25) is 91.3 Å². The quantitative estimate of drug-likeness (QED) is 0.0303. The number of carbonyl (C=O) groups is 18. The molecule has 3 saturated heterocycles. The molecule has 3 aromatic carbocycles. The number of aromatic hydroxyl groups is 1. The van der Waals surface area contributed by atoms with E-state index in [0.29, 0.717) is 69.8 Å². The van der Waals surface area contributed by atoms with Crippen molar-refractivity contribution in [3.8, 4) is 5.75 Å². The van der Waals surface area contributed by atoms with Crippen LogP contribution in [0.5, 0.6) is 5.75 Å². The maximum atomic E-state index is 15.6. The van der Waals surface area contributed by atoms with Gasteiger partial charge in [0.1, 0.15) is 78.3 Å². The van der Waals surface area contributed by atoms with E-state index >= 15 is 33.6 Å². The van der Waals surface area contributed by atoms with Crippen LogP contribution in [0.15, 0.2) is 102 Å². The molecule has 21 N–H and O–H groups in total. The van der Waals surface area contributed by atoms with Gasteiger partial charge in [-0.25, -0.2) is 0 Å². The molecule has 15 atom stereocenters. The lowest BCUT2D eigenvalue weighted by Gasteiger charge is -2.36. The largest absolute Gasteiger partial charge is 0.508 e. The number of aliphatic imine (C=N–C) groups is 1. The Morgan fingerprint density at radius 2 is 1.14 bits per heavy atom. The number of nitrogens with two attached hydrogens (primary N) is 3. The summed E-state index contributed by atoms with van der Waals surface area (Å²) in [6.07, 6.45) is 2.09. The highest BCUT2D eigenvalue weighted by atomic mass is 32.2. The number of Topliss-reactive ketones (excluding diaryl/α,β-unsaturated/α-hetero) is 1. The highest BCUT2D eigenvalue weighted by molar-refractivity contribution is 8.00. The van der Waals surface area contributed by atoms with Crippen LogP contribution < -0.4 is 65.1 Å². The standard InChI is InChI=1S/C89H120N20O22S/c1-7-9-20-68-83(125)102-65(39-90)81(123)104-67(79(121)96-43-74(92)115)46-132-47-75(116)97-62(32-49-23-25-54(111)26-24-49)85(127)105(4)48(3)77(119)100-64(38-73(91)114)88(130)108-31-15-22-69(108)84(126)99-61(33-50-29-30-93-40-50)80(122)98-60(27-28-76(117)118)87(129)109-44-55(112)37-71(109)72(113)36-51(34-52-41-94-58-18-13-11-16-56(52)58)78(120)103-66(45-110)82(124)101-63(35-53-42-95-59-19-14-12-17-57(53)59)86(128)107(6)70(21-10-8-2)89(131)106(68)5/h11-14,16-19,23-26,30,40-42,48,51,55,60-71,94-95,110-112H,7-10,15,20-22,27-29,31-39,43-47,90H2,1-6H3,(H2,91,114)(H2,92,115)(H,96,121)(H,97,116)(H,98,122)(H,99,126)(H,100,119)(H,101,124)(H,102,125)(H,103,120)(H,104,123)(H,117,118)/t48-,51+,55+,60-,61-,62-,63-,64-,65-,66-,67-,68-,69-,70-,71-/m0/s1. The smallest absolute Gasteiger partial charge is 0.303 e. The van der Waals surface area contributed by atoms with Gasteiger partial charge in [0.2, 0.25) is 94.5 Å². The Morgan fingerprint density at radius 1 is 0.576 bits per heavy atom. The van der Waals surface area contributed by atoms with Gasteiger partial charge in [0.25, 0.3) is 0 Å². The zero-order valence-electron chi connectivity index (χ0n) is 74.5. The molecule has 4 aliphatic heterocycles. The SMILES string of the molecule is CCCC[C@H]1C(=O)N(C)[C@@H](CCCC)C(=O)N[C@@H](CN)C(=O)N[C@H](C(=O)NCC(N)=O)CSCC(=O)N[C@@H](Cc2ccc(O)cc2)C(=O)N(C)[C@@H](C)C(=O)N[C@@H](CC(N)=O)C(=O)N2CCC[C@H]2C(=O)N[C@@H](CC2=CN=CC2)C(=O)N[C@@H](CCC(=O)O)C(=O)N2C[C@H](O)C[C@H]2C(=O)C[C@@H](Cc2c[nH]c3ccccc23)C(=O)N[C@@H](CO)C(=O)N[C@@H](Cc2c[nH]c3ccccc23)C(=O)N1C. The first-order chi connectivity index (χ1) is 62.9. The molecule has 0 aliphatic carbocycles. The minimum atomic E-state index is -1.89. The molecular weight excluding hydrogens is 1730 g/mol. The number of amides is 16. The number of phenols is 1. The lowest BCUT2D eigenvalue weighted by atomic mass is 9.90. The van der Waals surface area contributed by atoms with Crippen LogP contribution in [0.25, 0.3) is 21.8 Å². The van der Waals surface area contributed by atoms with Gasteiger partial charge in [-0.1, -0.05) is 88.1 Å². The number of hydrogen-bond acceptors (Lipinski definition) is 24. The molecule has 42 nitrogen and oxygen atoms in total. The summed E-state index contributed by atoms with van der Waals surface area (Å²) >= 11 is 0.748. The Balaban J connectivity index is 1.09. The van der Waals surface area contributed by atoms with E-state index in [1.807, 2.05) is 13.8 Å². The van der Waals surface area contributed by atoms with Crippen LogP contribution >= 0.6 is 11.8 Å². The Bertz CT molecular complexity index is 5120. The van der Waals surface area contributed by atoms with E-state index in [1.165, 1.54) is 64.7 Å². The number of aliphatic hydroxyl groups is 2. The molecule has 0 saturated carbocycles. The molecule has 132 heavy (non-hydrogen) atoms. The van der Waals surface area contributed by atoms with Crippen molar-refractivity contribution in [1.29, 1.82) is 0 Å². The van der Waals surface area contributed by atoms with Crippen molar-refractivity contribution in [2.24, 2.45) is 28.1 Å². The predicted octanol–water partition coefficient (Wildman–Crippen LogP) is -2.54. The molecule has 0 bridgehead atoms. The van der Waals surface area contributed by atoms with E-state index in [9.17, 15) is 73.2 Å². The van der Waals surface area contributed by atoms with Crippen molar-refractivity contribution in [1.82, 2.24) is 82.3 Å². The van der Waals surface area contributed by atoms with Crippen molar-refractivity contribution in [2.75, 3.05) is 65.4 Å². The summed E-state index contributed by atoms with van der Waals surface area (Å²) < 4.78 is 0. The number of aliphatic carboxylic acids is 1. The topological polar surface area (TPSA) is 635 Å². The first kappa shape index (κ1) is 103. The number of aliphatic hydroxyl groups excluding tert-OH is 2. The molecule has 5 aromatic rings. The maximum Gasteiger partial charge on any atom is 0.303 e. The van der Waals surface area contributed by atoms with Gasteiger partial charge >= 0.3 is 5.97 Å². The number of para-hydroxylation sites is 2. The van der Waals surface area contributed by atoms with E-state index in [-0.39, 0.29) is 70.1 Å². The number of ketones is 1. The number of nitrogens with zero attached hydrogens (tertiary/aromatic N) is 6. The molecule has 9 rings (SSSR count). The molecule has 0 spiro atoms. The average Bonchev–Trinajstić information content (AvgIpc) is 1.59. The monoisotopic (exact) mass is 1850 g/mol. The summed E-state index contributed by atoms with van der Waals surface area (Å²) in [4.78, 5) is 276. The molecule has 6 heterocycles. The van der Waals surface area contributed by atoms with E-state index in [2.05, 4.69) is 62.8 Å². The number of carbonyl (C=O) groups excluding carboxylic acids is 17. The first-order valence-corrected chi connectivity index (χ1v) is 45.2. The Hall–Kier alpha value is -13.2. The number of fused-ring (bicyclic) bond motifs is 4. The van der Waals surface area contributed by atoms with E-state index in [1.54, 1.807) is 60.9 Å². The lowest BCUT2D eigenvalue weighted by molar-refractivity contribution is -0.149. The fourth-order valence-electron chi connectivity index (χ4n) is 16.5. The number of primary amides is 2. The van der Waals surface area contributed by atoms with Crippen molar-refractivity contribution < 1.29 is 107 Å². The van der Waals surface area contributed by atoms with E-state index in [4.69, 9.17) is 17.2 Å². The van der Waals surface area contributed by atoms with Gasteiger partial charge in [-0.05, 0) is 98.4 Å². The normalized spacial score (nSPS) is 25.5. The molecule has 0 unspecified atom stereocenters. The first-order valence-electron chi connectivity index (χ1n) is 44.0. The number of unbranched alkanes of at least 4 members (excludes halogenated alkanes) is 2.